The summed E-state index contributed by atoms with van der Waals surface area (Å²) in [5.41, 5.74) is 2.23. The SMILES string of the molecule is C/C=C\C(=C/C)COc1cc(CNC)nn1CC1CCCC1. The van der Waals surface area contributed by atoms with Gasteiger partial charge in [-0.25, -0.2) is 4.68 Å². The molecule has 1 aliphatic carbocycles. The first-order valence-corrected chi connectivity index (χ1v) is 8.38. The van der Waals surface area contributed by atoms with Crippen molar-refractivity contribution in [1.82, 2.24) is 15.1 Å². The molecular weight excluding hydrogens is 274 g/mol. The van der Waals surface area contributed by atoms with Crippen molar-refractivity contribution >= 4 is 0 Å². The summed E-state index contributed by atoms with van der Waals surface area (Å²) in [6, 6.07) is 2.06. The largest absolute Gasteiger partial charge is 0.473 e. The minimum absolute atomic E-state index is 0.593. The molecule has 1 heterocycles. The predicted octanol–water partition coefficient (Wildman–Crippen LogP) is 3.69. The van der Waals surface area contributed by atoms with Gasteiger partial charge in [-0.05, 0) is 45.2 Å². The molecule has 122 valence electrons. The van der Waals surface area contributed by atoms with Gasteiger partial charge < -0.3 is 10.1 Å². The van der Waals surface area contributed by atoms with Gasteiger partial charge >= 0.3 is 0 Å². The summed E-state index contributed by atoms with van der Waals surface area (Å²) in [5.74, 6) is 1.64. The van der Waals surface area contributed by atoms with Gasteiger partial charge in [0, 0.05) is 19.2 Å². The molecule has 1 fully saturated rings. The highest BCUT2D eigenvalue weighted by atomic mass is 16.5. The van der Waals surface area contributed by atoms with E-state index in [0.29, 0.717) is 6.61 Å². The summed E-state index contributed by atoms with van der Waals surface area (Å²) in [7, 11) is 1.94. The van der Waals surface area contributed by atoms with E-state index in [1.54, 1.807) is 0 Å². The number of aromatic nitrogens is 2. The van der Waals surface area contributed by atoms with Crippen molar-refractivity contribution in [3.63, 3.8) is 0 Å². The number of hydrogen-bond acceptors (Lipinski definition) is 3. The first-order chi connectivity index (χ1) is 10.8. The zero-order valence-corrected chi connectivity index (χ0v) is 14.1. The van der Waals surface area contributed by atoms with E-state index >= 15 is 0 Å². The van der Waals surface area contributed by atoms with Crippen molar-refractivity contribution in [3.8, 4) is 5.88 Å². The van der Waals surface area contributed by atoms with Crippen molar-refractivity contribution in [2.24, 2.45) is 5.92 Å². The summed E-state index contributed by atoms with van der Waals surface area (Å²) in [6.45, 7) is 6.42. The van der Waals surface area contributed by atoms with Gasteiger partial charge in [0.25, 0.3) is 0 Å². The molecule has 0 atom stereocenters. The Balaban J connectivity index is 2.06. The summed E-state index contributed by atoms with van der Waals surface area (Å²) < 4.78 is 8.09. The maximum Gasteiger partial charge on any atom is 0.212 e. The van der Waals surface area contributed by atoms with Gasteiger partial charge in [0.1, 0.15) is 6.61 Å². The summed E-state index contributed by atoms with van der Waals surface area (Å²) in [5, 5.41) is 7.87. The van der Waals surface area contributed by atoms with E-state index in [9.17, 15) is 0 Å². The van der Waals surface area contributed by atoms with Crippen molar-refractivity contribution in [1.29, 1.82) is 0 Å². The summed E-state index contributed by atoms with van der Waals surface area (Å²) >= 11 is 0. The van der Waals surface area contributed by atoms with Crippen LogP contribution < -0.4 is 10.1 Å². The fraction of sp³-hybridized carbons (Fsp3) is 0.611. The van der Waals surface area contributed by atoms with E-state index in [0.717, 1.165) is 30.6 Å². The molecule has 1 aliphatic rings. The molecule has 0 aliphatic heterocycles. The predicted molar refractivity (Wildman–Crippen MR) is 91.0 cm³/mol. The molecular formula is C18H29N3O. The minimum atomic E-state index is 0.593. The third-order valence-electron chi connectivity index (χ3n) is 4.20. The zero-order valence-electron chi connectivity index (χ0n) is 14.1. The first-order valence-electron chi connectivity index (χ1n) is 8.38. The average molecular weight is 303 g/mol. The minimum Gasteiger partial charge on any atom is -0.473 e. The highest BCUT2D eigenvalue weighted by Crippen LogP contribution is 2.28. The highest BCUT2D eigenvalue weighted by molar-refractivity contribution is 5.21. The Morgan fingerprint density at radius 2 is 2.18 bits per heavy atom. The van der Waals surface area contributed by atoms with Crippen LogP contribution in [-0.2, 0) is 13.1 Å². The lowest BCUT2D eigenvalue weighted by atomic mass is 10.1. The Kier molecular flexibility index (Phi) is 6.72. The van der Waals surface area contributed by atoms with Crippen molar-refractivity contribution in [3.05, 3.63) is 35.6 Å². The second kappa shape index (κ2) is 8.79. The van der Waals surface area contributed by atoms with Crippen LogP contribution in [0.15, 0.2) is 29.9 Å². The second-order valence-corrected chi connectivity index (χ2v) is 5.99. The van der Waals surface area contributed by atoms with Crippen LogP contribution in [0.25, 0.3) is 0 Å². The maximum atomic E-state index is 6.03. The Labute approximate surface area is 134 Å². The average Bonchev–Trinajstić information content (AvgIpc) is 3.14. The molecule has 4 heteroatoms. The lowest BCUT2D eigenvalue weighted by Gasteiger charge is -2.13. The number of ether oxygens (including phenoxy) is 1. The fourth-order valence-corrected chi connectivity index (χ4v) is 3.00. The quantitative estimate of drug-likeness (QED) is 0.744. The van der Waals surface area contributed by atoms with E-state index < -0.39 is 0 Å². The van der Waals surface area contributed by atoms with Gasteiger partial charge in [0.15, 0.2) is 0 Å². The molecule has 2 rings (SSSR count). The summed E-state index contributed by atoms with van der Waals surface area (Å²) in [4.78, 5) is 0. The number of rotatable bonds is 8. The molecule has 0 saturated heterocycles. The Morgan fingerprint density at radius 3 is 2.82 bits per heavy atom. The van der Waals surface area contributed by atoms with Crippen LogP contribution in [0.1, 0.15) is 45.2 Å². The van der Waals surface area contributed by atoms with Crippen LogP contribution in [0.5, 0.6) is 5.88 Å². The third kappa shape index (κ3) is 4.73. The lowest BCUT2D eigenvalue weighted by molar-refractivity contribution is 0.297. The van der Waals surface area contributed by atoms with E-state index in [1.807, 2.05) is 27.0 Å². The van der Waals surface area contributed by atoms with Crippen molar-refractivity contribution < 1.29 is 4.74 Å². The van der Waals surface area contributed by atoms with Gasteiger partial charge in [-0.15, -0.1) is 0 Å². The first kappa shape index (κ1) is 16.8. The highest BCUT2D eigenvalue weighted by Gasteiger charge is 2.18. The smallest absolute Gasteiger partial charge is 0.212 e. The molecule has 0 unspecified atom stereocenters. The standard InChI is InChI=1S/C18H29N3O/c1-4-8-15(5-2)14-22-18-11-17(12-19-3)20-21(18)13-16-9-6-7-10-16/h4-5,8,11,16,19H,6-7,9-10,12-14H2,1-3H3/b8-4-,15-5+. The van der Waals surface area contributed by atoms with Crippen molar-refractivity contribution in [2.75, 3.05) is 13.7 Å². The van der Waals surface area contributed by atoms with Gasteiger partial charge in [0.2, 0.25) is 5.88 Å². The fourth-order valence-electron chi connectivity index (χ4n) is 3.00. The molecule has 0 aromatic carbocycles. The zero-order chi connectivity index (χ0) is 15.8. The normalized spacial score (nSPS) is 16.8. The number of nitrogens with zero attached hydrogens (tertiary/aromatic N) is 2. The summed E-state index contributed by atoms with van der Waals surface area (Å²) in [6.07, 6.45) is 11.6. The Bertz CT molecular complexity index is 510. The van der Waals surface area contributed by atoms with Gasteiger partial charge in [0.05, 0.1) is 5.69 Å². The number of hydrogen-bond donors (Lipinski definition) is 1. The van der Waals surface area contributed by atoms with Crippen LogP contribution in [0.2, 0.25) is 0 Å². The van der Waals surface area contributed by atoms with E-state index in [1.165, 1.54) is 31.3 Å². The van der Waals surface area contributed by atoms with Crippen molar-refractivity contribution in [2.45, 2.75) is 52.6 Å². The van der Waals surface area contributed by atoms with Crippen LogP contribution in [-0.4, -0.2) is 23.4 Å². The van der Waals surface area contributed by atoms with E-state index in [4.69, 9.17) is 9.84 Å². The Morgan fingerprint density at radius 1 is 1.41 bits per heavy atom. The van der Waals surface area contributed by atoms with Gasteiger partial charge in [-0.3, -0.25) is 0 Å². The third-order valence-corrected chi connectivity index (χ3v) is 4.20. The molecule has 4 nitrogen and oxygen atoms in total. The topological polar surface area (TPSA) is 39.1 Å². The van der Waals surface area contributed by atoms with Gasteiger partial charge in [-0.2, -0.15) is 5.10 Å². The molecule has 1 saturated carbocycles. The van der Waals surface area contributed by atoms with E-state index in [2.05, 4.69) is 28.2 Å². The lowest BCUT2D eigenvalue weighted by Crippen LogP contribution is -2.13. The molecule has 22 heavy (non-hydrogen) atoms. The molecule has 1 N–H and O–H groups in total. The molecule has 1 aromatic heterocycles. The second-order valence-electron chi connectivity index (χ2n) is 5.99. The Hall–Kier alpha value is -1.55. The van der Waals surface area contributed by atoms with Crippen LogP contribution in [0.3, 0.4) is 0 Å². The van der Waals surface area contributed by atoms with Crippen LogP contribution >= 0.6 is 0 Å². The maximum absolute atomic E-state index is 6.03. The van der Waals surface area contributed by atoms with Gasteiger partial charge in [-0.1, -0.05) is 31.1 Å². The molecule has 0 radical (unpaired) electrons. The van der Waals surface area contributed by atoms with E-state index in [-0.39, 0.29) is 0 Å². The molecule has 0 bridgehead atoms. The molecule has 0 amide bonds. The number of nitrogens with one attached hydrogen (secondary N) is 1. The molecule has 1 aromatic rings. The monoisotopic (exact) mass is 303 g/mol. The van der Waals surface area contributed by atoms with Crippen LogP contribution in [0.4, 0.5) is 0 Å². The number of allylic oxidation sites excluding steroid dienone is 2. The molecule has 0 spiro atoms. The van der Waals surface area contributed by atoms with Crippen LogP contribution in [0, 0.1) is 5.92 Å².